The van der Waals surface area contributed by atoms with Gasteiger partial charge in [-0.2, -0.15) is 0 Å². The van der Waals surface area contributed by atoms with Gasteiger partial charge in [0, 0.05) is 24.9 Å². The van der Waals surface area contributed by atoms with Crippen molar-refractivity contribution in [3.63, 3.8) is 0 Å². The van der Waals surface area contributed by atoms with Crippen LogP contribution < -0.4 is 0 Å². The topological polar surface area (TPSA) is 40.5 Å². The second-order valence-electron chi connectivity index (χ2n) is 6.56. The Kier molecular flexibility index (Phi) is 2.13. The lowest BCUT2D eigenvalue weighted by Gasteiger charge is -2.19. The number of fused-ring (bicyclic) bond motifs is 1. The summed E-state index contributed by atoms with van der Waals surface area (Å²) in [4.78, 5) is 14.2. The molecule has 0 aromatic rings. The monoisotopic (exact) mass is 223 g/mol. The van der Waals surface area contributed by atoms with Crippen LogP contribution in [-0.4, -0.2) is 35.1 Å². The summed E-state index contributed by atoms with van der Waals surface area (Å²) >= 11 is 0. The van der Waals surface area contributed by atoms with Crippen LogP contribution >= 0.6 is 0 Å². The van der Waals surface area contributed by atoms with E-state index in [1.54, 1.807) is 0 Å². The summed E-state index contributed by atoms with van der Waals surface area (Å²) in [6, 6.07) is 0. The Bertz CT molecular complexity index is 326. The van der Waals surface area contributed by atoms with Crippen LogP contribution in [0.25, 0.3) is 0 Å². The van der Waals surface area contributed by atoms with Gasteiger partial charge in [-0.1, -0.05) is 13.8 Å². The molecular formula is C13H21NO2. The number of aliphatic hydroxyl groups is 1. The van der Waals surface area contributed by atoms with Crippen molar-refractivity contribution in [2.24, 2.45) is 23.2 Å². The number of nitrogens with zero attached hydrogens (tertiary/aromatic N) is 1. The Labute approximate surface area is 96.8 Å². The van der Waals surface area contributed by atoms with E-state index in [0.29, 0.717) is 17.7 Å². The highest BCUT2D eigenvalue weighted by molar-refractivity contribution is 5.82. The Morgan fingerprint density at radius 2 is 2.00 bits per heavy atom. The molecule has 0 aromatic carbocycles. The van der Waals surface area contributed by atoms with Crippen LogP contribution in [0.1, 0.15) is 33.1 Å². The zero-order valence-electron chi connectivity index (χ0n) is 10.1. The molecule has 0 spiro atoms. The van der Waals surface area contributed by atoms with Gasteiger partial charge < -0.3 is 10.0 Å². The van der Waals surface area contributed by atoms with E-state index in [4.69, 9.17) is 0 Å². The van der Waals surface area contributed by atoms with E-state index in [-0.39, 0.29) is 17.4 Å². The van der Waals surface area contributed by atoms with Crippen LogP contribution in [0.15, 0.2) is 0 Å². The van der Waals surface area contributed by atoms with Crippen LogP contribution in [0.3, 0.4) is 0 Å². The molecule has 1 aliphatic heterocycles. The van der Waals surface area contributed by atoms with Gasteiger partial charge in [-0.05, 0) is 30.6 Å². The van der Waals surface area contributed by atoms with Crippen molar-refractivity contribution in [3.05, 3.63) is 0 Å². The van der Waals surface area contributed by atoms with E-state index >= 15 is 0 Å². The molecule has 3 rings (SSSR count). The van der Waals surface area contributed by atoms with E-state index in [1.165, 1.54) is 0 Å². The minimum atomic E-state index is -0.157. The maximum atomic E-state index is 12.2. The van der Waals surface area contributed by atoms with Gasteiger partial charge in [0.2, 0.25) is 5.91 Å². The van der Waals surface area contributed by atoms with Crippen molar-refractivity contribution in [2.75, 3.05) is 13.1 Å². The van der Waals surface area contributed by atoms with Crippen LogP contribution in [0, 0.1) is 23.2 Å². The molecule has 3 fully saturated rings. The lowest BCUT2D eigenvalue weighted by atomic mass is 10.00. The first-order chi connectivity index (χ1) is 7.49. The van der Waals surface area contributed by atoms with E-state index in [2.05, 4.69) is 13.8 Å². The SMILES string of the molecule is CC1(C)CC1C(=O)N1CC2CCC(O)C2C1. The van der Waals surface area contributed by atoms with Gasteiger partial charge in [0.1, 0.15) is 0 Å². The van der Waals surface area contributed by atoms with Gasteiger partial charge in [0.15, 0.2) is 0 Å². The summed E-state index contributed by atoms with van der Waals surface area (Å²) in [5.74, 6) is 1.53. The van der Waals surface area contributed by atoms with Crippen molar-refractivity contribution in [3.8, 4) is 0 Å². The quantitative estimate of drug-likeness (QED) is 0.727. The first-order valence-electron chi connectivity index (χ1n) is 6.46. The minimum Gasteiger partial charge on any atom is -0.393 e. The van der Waals surface area contributed by atoms with Crippen LogP contribution in [0.2, 0.25) is 0 Å². The van der Waals surface area contributed by atoms with Gasteiger partial charge in [-0.25, -0.2) is 0 Å². The van der Waals surface area contributed by atoms with E-state index in [0.717, 1.165) is 32.4 Å². The fourth-order valence-corrected chi connectivity index (χ4v) is 3.53. The number of hydrogen-bond acceptors (Lipinski definition) is 2. The molecule has 4 atom stereocenters. The third kappa shape index (κ3) is 1.48. The van der Waals surface area contributed by atoms with Gasteiger partial charge in [0.05, 0.1) is 6.10 Å². The highest BCUT2D eigenvalue weighted by Crippen LogP contribution is 2.53. The molecule has 90 valence electrons. The number of rotatable bonds is 1. The molecule has 0 bridgehead atoms. The average Bonchev–Trinajstić information content (AvgIpc) is 2.63. The van der Waals surface area contributed by atoms with Crippen molar-refractivity contribution in [1.29, 1.82) is 0 Å². The van der Waals surface area contributed by atoms with E-state index in [1.807, 2.05) is 4.90 Å². The zero-order chi connectivity index (χ0) is 11.5. The maximum Gasteiger partial charge on any atom is 0.226 e. The normalized spacial score (nSPS) is 44.6. The van der Waals surface area contributed by atoms with E-state index < -0.39 is 0 Å². The van der Waals surface area contributed by atoms with Crippen molar-refractivity contribution in [2.45, 2.75) is 39.2 Å². The van der Waals surface area contributed by atoms with E-state index in [9.17, 15) is 9.90 Å². The summed E-state index contributed by atoms with van der Waals surface area (Å²) in [6.45, 7) is 6.03. The summed E-state index contributed by atoms with van der Waals surface area (Å²) in [5, 5.41) is 9.82. The molecule has 2 aliphatic carbocycles. The smallest absolute Gasteiger partial charge is 0.226 e. The maximum absolute atomic E-state index is 12.2. The average molecular weight is 223 g/mol. The van der Waals surface area contributed by atoms with Gasteiger partial charge >= 0.3 is 0 Å². The standard InChI is InChI=1S/C13H21NO2/c1-13(2)5-10(13)12(16)14-6-8-3-4-11(15)9(8)7-14/h8-11,15H,3-7H2,1-2H3. The highest BCUT2D eigenvalue weighted by atomic mass is 16.3. The number of carbonyl (C=O) groups excluding carboxylic acids is 1. The molecule has 3 aliphatic rings. The molecule has 1 N–H and O–H groups in total. The lowest BCUT2D eigenvalue weighted by molar-refractivity contribution is -0.132. The first-order valence-corrected chi connectivity index (χ1v) is 6.46. The number of carbonyl (C=O) groups is 1. The summed E-state index contributed by atoms with van der Waals surface area (Å²) in [6.07, 6.45) is 2.92. The molecule has 3 nitrogen and oxygen atoms in total. The third-order valence-corrected chi connectivity index (χ3v) is 4.94. The summed E-state index contributed by atoms with van der Waals surface area (Å²) < 4.78 is 0. The molecule has 16 heavy (non-hydrogen) atoms. The second-order valence-corrected chi connectivity index (χ2v) is 6.56. The molecule has 1 saturated heterocycles. The molecule has 3 heteroatoms. The van der Waals surface area contributed by atoms with Crippen LogP contribution in [0.5, 0.6) is 0 Å². The molecule has 4 unspecified atom stereocenters. The number of hydrogen-bond donors (Lipinski definition) is 1. The van der Waals surface area contributed by atoms with Gasteiger partial charge in [-0.15, -0.1) is 0 Å². The van der Waals surface area contributed by atoms with Crippen LogP contribution in [-0.2, 0) is 4.79 Å². The first kappa shape index (κ1) is 10.6. The minimum absolute atomic E-state index is 0.157. The summed E-state index contributed by atoms with van der Waals surface area (Å²) in [5.41, 5.74) is 0.230. The predicted molar refractivity (Wildman–Crippen MR) is 60.7 cm³/mol. The Hall–Kier alpha value is -0.570. The number of amides is 1. The molecule has 1 amide bonds. The molecule has 2 saturated carbocycles. The zero-order valence-corrected chi connectivity index (χ0v) is 10.1. The third-order valence-electron chi connectivity index (χ3n) is 4.94. The van der Waals surface area contributed by atoms with Crippen molar-refractivity contribution >= 4 is 5.91 Å². The Morgan fingerprint density at radius 1 is 1.31 bits per heavy atom. The van der Waals surface area contributed by atoms with Gasteiger partial charge in [0.25, 0.3) is 0 Å². The summed E-state index contributed by atoms with van der Waals surface area (Å²) in [7, 11) is 0. The predicted octanol–water partition coefficient (Wildman–Crippen LogP) is 1.26. The van der Waals surface area contributed by atoms with Gasteiger partial charge in [-0.3, -0.25) is 4.79 Å². The number of aliphatic hydroxyl groups excluding tert-OH is 1. The fourth-order valence-electron chi connectivity index (χ4n) is 3.53. The molecule has 0 radical (unpaired) electrons. The lowest BCUT2D eigenvalue weighted by Crippen LogP contribution is -2.33. The largest absolute Gasteiger partial charge is 0.393 e. The van der Waals surface area contributed by atoms with Crippen LogP contribution in [0.4, 0.5) is 0 Å². The number of likely N-dealkylation sites (tertiary alicyclic amines) is 1. The fraction of sp³-hybridized carbons (Fsp3) is 0.923. The second kappa shape index (κ2) is 3.22. The molecular weight excluding hydrogens is 202 g/mol. The highest BCUT2D eigenvalue weighted by Gasteiger charge is 2.54. The Morgan fingerprint density at radius 3 is 2.56 bits per heavy atom. The van der Waals surface area contributed by atoms with Crippen molar-refractivity contribution < 1.29 is 9.90 Å². The molecule has 1 heterocycles. The molecule has 0 aromatic heterocycles. The Balaban J connectivity index is 1.64. The van der Waals surface area contributed by atoms with Crippen molar-refractivity contribution in [1.82, 2.24) is 4.90 Å².